The molecule has 2 saturated heterocycles. The van der Waals surface area contributed by atoms with Gasteiger partial charge in [-0.15, -0.1) is 6.58 Å². The van der Waals surface area contributed by atoms with Crippen LogP contribution in [0.15, 0.2) is 134 Å². The van der Waals surface area contributed by atoms with Gasteiger partial charge in [0.15, 0.2) is 43.1 Å². The molecule has 0 amide bonds. The largest absolute Gasteiger partial charge is 0.459 e. The minimum Gasteiger partial charge on any atom is -0.459 e. The Balaban J connectivity index is 1.42. The smallest absolute Gasteiger partial charge is 0.338 e. The summed E-state index contributed by atoms with van der Waals surface area (Å²) in [6, 6.07) is 31.4. The van der Waals surface area contributed by atoms with Gasteiger partial charge in [0, 0.05) is 13.8 Å². The van der Waals surface area contributed by atoms with Crippen LogP contribution in [-0.4, -0.2) is 122 Å². The first-order chi connectivity index (χ1) is 30.9. The van der Waals surface area contributed by atoms with Crippen LogP contribution in [0.25, 0.3) is 0 Å². The van der Waals surface area contributed by atoms with Crippen molar-refractivity contribution in [1.82, 2.24) is 0 Å². The molecule has 4 aromatic rings. The van der Waals surface area contributed by atoms with E-state index in [1.807, 2.05) is 0 Å². The first-order valence-corrected chi connectivity index (χ1v) is 20.1. The Bertz CT molecular complexity index is 2200. The summed E-state index contributed by atoms with van der Waals surface area (Å²) in [6.07, 6.45) is -14.5. The molecule has 17 heteroatoms. The average molecular weight is 883 g/mol. The summed E-state index contributed by atoms with van der Waals surface area (Å²) < 4.78 is 59.2. The second-order valence-electron chi connectivity index (χ2n) is 14.3. The van der Waals surface area contributed by atoms with Gasteiger partial charge in [-0.25, -0.2) is 19.2 Å². The molecule has 0 aromatic heterocycles. The molecule has 0 unspecified atom stereocenters. The summed E-state index contributed by atoms with van der Waals surface area (Å²) in [6.45, 7) is 4.44. The van der Waals surface area contributed by atoms with Crippen LogP contribution < -0.4 is 0 Å². The summed E-state index contributed by atoms with van der Waals surface area (Å²) in [5.41, 5.74) is 0.409. The molecule has 0 radical (unpaired) electrons. The van der Waals surface area contributed by atoms with E-state index in [1.54, 1.807) is 72.8 Å². The molecule has 0 spiro atoms. The van der Waals surface area contributed by atoms with E-state index in [1.165, 1.54) is 54.6 Å². The lowest BCUT2D eigenvalue weighted by Gasteiger charge is -2.46. The maximum Gasteiger partial charge on any atom is 0.338 e. The zero-order valence-corrected chi connectivity index (χ0v) is 34.7. The van der Waals surface area contributed by atoms with E-state index in [4.69, 9.17) is 47.4 Å². The third-order valence-electron chi connectivity index (χ3n) is 9.78. The van der Waals surface area contributed by atoms with E-state index in [0.29, 0.717) is 0 Å². The van der Waals surface area contributed by atoms with E-state index >= 15 is 0 Å². The summed E-state index contributed by atoms with van der Waals surface area (Å²) in [4.78, 5) is 79.6. The standard InChI is InChI=1S/C47H46O17/c1-4-25-55-38-36(58-28(2)48)34(60-46(54)40(38)59-29(3)49)27-57-47-41(64-45(53)33-23-15-8-16-24-33)39(63-44(52)32-21-13-7-14-22-32)37(62-43(51)31-19-11-6-12-20-31)35(61-47)26-56-42(50)30-17-9-5-10-18-30/h4-24,34-41,46-47,54H,1,25-27H2,2-3H3/t34-,35-,36-,37-,38+,39+,40-,41-,46+,47-/m1/s1. The molecule has 17 nitrogen and oxygen atoms in total. The number of aliphatic hydroxyl groups excluding tert-OH is 1. The third-order valence-corrected chi connectivity index (χ3v) is 9.78. The highest BCUT2D eigenvalue weighted by Crippen LogP contribution is 2.34. The van der Waals surface area contributed by atoms with Gasteiger partial charge in [-0.2, -0.15) is 0 Å². The van der Waals surface area contributed by atoms with Gasteiger partial charge >= 0.3 is 35.8 Å². The summed E-state index contributed by atoms with van der Waals surface area (Å²) in [7, 11) is 0. The Labute approximate surface area is 367 Å². The molecule has 2 heterocycles. The van der Waals surface area contributed by atoms with Crippen LogP contribution in [0.2, 0.25) is 0 Å². The normalized spacial score (nSPS) is 25.1. The number of benzene rings is 4. The van der Waals surface area contributed by atoms with Gasteiger partial charge < -0.3 is 52.5 Å². The van der Waals surface area contributed by atoms with Crippen LogP contribution in [0.1, 0.15) is 55.3 Å². The van der Waals surface area contributed by atoms with Crippen molar-refractivity contribution >= 4 is 35.8 Å². The maximum absolute atomic E-state index is 14.0. The van der Waals surface area contributed by atoms with Crippen molar-refractivity contribution in [2.24, 2.45) is 0 Å². The summed E-state index contributed by atoms with van der Waals surface area (Å²) in [5.74, 6) is -5.15. The maximum atomic E-state index is 14.0. The van der Waals surface area contributed by atoms with Crippen molar-refractivity contribution in [3.63, 3.8) is 0 Å². The quantitative estimate of drug-likeness (QED) is 0.0883. The average Bonchev–Trinajstić information content (AvgIpc) is 3.30. The molecular formula is C47H46O17. The summed E-state index contributed by atoms with van der Waals surface area (Å²) >= 11 is 0. The van der Waals surface area contributed by atoms with E-state index in [2.05, 4.69) is 6.58 Å². The van der Waals surface area contributed by atoms with Gasteiger partial charge in [-0.3, -0.25) is 9.59 Å². The van der Waals surface area contributed by atoms with Gasteiger partial charge in [0.1, 0.15) is 24.9 Å². The number of carbonyl (C=O) groups is 6. The van der Waals surface area contributed by atoms with Crippen molar-refractivity contribution < 1.29 is 81.2 Å². The van der Waals surface area contributed by atoms with Crippen molar-refractivity contribution in [1.29, 1.82) is 0 Å². The predicted octanol–water partition coefficient (Wildman–Crippen LogP) is 4.41. The molecule has 1 N–H and O–H groups in total. The lowest BCUT2D eigenvalue weighted by molar-refractivity contribution is -0.327. The van der Waals surface area contributed by atoms with Crippen LogP contribution >= 0.6 is 0 Å². The van der Waals surface area contributed by atoms with Crippen LogP contribution in [0.4, 0.5) is 0 Å². The molecule has 336 valence electrons. The van der Waals surface area contributed by atoms with Crippen molar-refractivity contribution in [3.8, 4) is 0 Å². The van der Waals surface area contributed by atoms with E-state index in [0.717, 1.165) is 13.8 Å². The van der Waals surface area contributed by atoms with Crippen molar-refractivity contribution in [2.45, 2.75) is 75.3 Å². The molecule has 2 aliphatic rings. The van der Waals surface area contributed by atoms with Gasteiger partial charge in [-0.1, -0.05) is 78.9 Å². The number of esters is 6. The predicted molar refractivity (Wildman–Crippen MR) is 220 cm³/mol. The number of hydrogen-bond acceptors (Lipinski definition) is 17. The lowest BCUT2D eigenvalue weighted by Crippen LogP contribution is -2.64. The zero-order chi connectivity index (χ0) is 45.6. The molecule has 10 atom stereocenters. The van der Waals surface area contributed by atoms with Crippen LogP contribution in [0, 0.1) is 0 Å². The molecule has 4 aromatic carbocycles. The SMILES string of the molecule is C=CCO[C@@H]1[C@@H](OC(C)=O)[C@@H](O)O[C@H](CO[C@@H]2O[C@H](COC(=O)c3ccccc3)[C@@H](OC(=O)c3ccccc3)[C@H](OC(=O)c3ccccc3)[C@H]2OC(=O)c2ccccc2)[C@H]1OC(C)=O. The van der Waals surface area contributed by atoms with Gasteiger partial charge in [0.05, 0.1) is 35.5 Å². The van der Waals surface area contributed by atoms with E-state index in [-0.39, 0.29) is 28.9 Å². The number of rotatable bonds is 17. The fourth-order valence-corrected chi connectivity index (χ4v) is 6.90. The fourth-order valence-electron chi connectivity index (χ4n) is 6.90. The molecular weight excluding hydrogens is 836 g/mol. The zero-order valence-electron chi connectivity index (χ0n) is 34.7. The Kier molecular flexibility index (Phi) is 16.5. The topological polar surface area (TPSA) is 215 Å². The highest BCUT2D eigenvalue weighted by atomic mass is 16.7. The Hall–Kier alpha value is -6.76. The minimum atomic E-state index is -1.84. The first-order valence-electron chi connectivity index (χ1n) is 20.1. The van der Waals surface area contributed by atoms with Gasteiger partial charge in [0.2, 0.25) is 0 Å². The lowest BCUT2D eigenvalue weighted by atomic mass is 9.97. The van der Waals surface area contributed by atoms with E-state index < -0.39 is 110 Å². The van der Waals surface area contributed by atoms with Gasteiger partial charge in [0.25, 0.3) is 0 Å². The molecule has 2 fully saturated rings. The number of hydrogen-bond donors (Lipinski definition) is 1. The molecule has 0 aliphatic carbocycles. The highest BCUT2D eigenvalue weighted by molar-refractivity contribution is 5.91. The summed E-state index contributed by atoms with van der Waals surface area (Å²) in [5, 5.41) is 11.1. The Morgan fingerprint density at radius 2 is 0.906 bits per heavy atom. The monoisotopic (exact) mass is 882 g/mol. The molecule has 0 saturated carbocycles. The van der Waals surface area contributed by atoms with Gasteiger partial charge in [-0.05, 0) is 48.5 Å². The van der Waals surface area contributed by atoms with Crippen molar-refractivity contribution in [2.75, 3.05) is 19.8 Å². The van der Waals surface area contributed by atoms with Crippen molar-refractivity contribution in [3.05, 3.63) is 156 Å². The second-order valence-corrected chi connectivity index (χ2v) is 14.3. The van der Waals surface area contributed by atoms with Crippen LogP contribution in [-0.2, 0) is 57.0 Å². The Morgan fingerprint density at radius 3 is 1.38 bits per heavy atom. The number of ether oxygens (including phenoxy) is 10. The minimum absolute atomic E-state index is 0.0681. The van der Waals surface area contributed by atoms with Crippen LogP contribution in [0.5, 0.6) is 0 Å². The third kappa shape index (κ3) is 12.2. The molecule has 64 heavy (non-hydrogen) atoms. The Morgan fingerprint density at radius 1 is 0.500 bits per heavy atom. The molecule has 0 bridgehead atoms. The number of carbonyl (C=O) groups excluding carboxylic acids is 6. The second kappa shape index (κ2) is 22.5. The number of aliphatic hydroxyl groups is 1. The first kappa shape index (κ1) is 46.7. The highest BCUT2D eigenvalue weighted by Gasteiger charge is 2.55. The fraction of sp³-hybridized carbons (Fsp3) is 0.319. The molecule has 2 aliphatic heterocycles. The molecule has 6 rings (SSSR count). The van der Waals surface area contributed by atoms with E-state index in [9.17, 15) is 33.9 Å². The van der Waals surface area contributed by atoms with Crippen LogP contribution in [0.3, 0.4) is 0 Å².